The minimum absolute atomic E-state index is 0.934. The van der Waals surface area contributed by atoms with Gasteiger partial charge in [-0.05, 0) is 70.1 Å². The Morgan fingerprint density at radius 3 is 2.09 bits per heavy atom. The number of furan rings is 1. The number of fused-ring (bicyclic) bond motifs is 8. The first kappa shape index (κ1) is 17.9. The molecule has 8 aromatic rings. The van der Waals surface area contributed by atoms with E-state index < -0.39 is 0 Å². The molecule has 0 aliphatic heterocycles. The number of para-hydroxylation sites is 2. The zero-order valence-corrected chi connectivity index (χ0v) is 18.3. The van der Waals surface area contributed by atoms with Crippen LogP contribution >= 0.6 is 0 Å². The van der Waals surface area contributed by atoms with Gasteiger partial charge in [-0.2, -0.15) is 0 Å². The largest absolute Gasteiger partial charge is 0.456 e. The van der Waals surface area contributed by atoms with E-state index in [-0.39, 0.29) is 0 Å². The van der Waals surface area contributed by atoms with Crippen LogP contribution in [0.1, 0.15) is 0 Å². The first-order valence-electron chi connectivity index (χ1n) is 11.6. The van der Waals surface area contributed by atoms with Crippen molar-refractivity contribution in [1.29, 1.82) is 0 Å². The van der Waals surface area contributed by atoms with Crippen molar-refractivity contribution in [3.63, 3.8) is 0 Å². The molecule has 2 heteroatoms. The second kappa shape index (κ2) is 6.49. The molecule has 0 atom stereocenters. The third-order valence-corrected chi connectivity index (χ3v) is 7.12. The minimum atomic E-state index is 0.934. The van der Waals surface area contributed by atoms with Crippen molar-refractivity contribution in [3.8, 4) is 5.69 Å². The smallest absolute Gasteiger partial charge is 0.136 e. The lowest BCUT2D eigenvalue weighted by atomic mass is 10.0. The molecule has 0 aliphatic carbocycles. The van der Waals surface area contributed by atoms with Crippen LogP contribution in [0.4, 0.5) is 0 Å². The highest BCUT2D eigenvalue weighted by Gasteiger charge is 2.15. The molecule has 0 aliphatic rings. The molecule has 0 amide bonds. The monoisotopic (exact) mass is 433 g/mol. The Balaban J connectivity index is 1.51. The summed E-state index contributed by atoms with van der Waals surface area (Å²) in [5.74, 6) is 0. The Morgan fingerprint density at radius 2 is 1.15 bits per heavy atom. The fourth-order valence-electron chi connectivity index (χ4n) is 5.53. The summed E-state index contributed by atoms with van der Waals surface area (Å²) in [6.45, 7) is 0. The molecule has 2 nitrogen and oxygen atoms in total. The second-order valence-corrected chi connectivity index (χ2v) is 9.05. The molecule has 34 heavy (non-hydrogen) atoms. The highest BCUT2D eigenvalue weighted by molar-refractivity contribution is 6.17. The fourth-order valence-corrected chi connectivity index (χ4v) is 5.53. The lowest BCUT2D eigenvalue weighted by Gasteiger charge is -2.10. The predicted molar refractivity (Wildman–Crippen MR) is 143 cm³/mol. The average molecular weight is 434 g/mol. The van der Waals surface area contributed by atoms with Crippen LogP contribution in [0.2, 0.25) is 0 Å². The third-order valence-electron chi connectivity index (χ3n) is 7.12. The topological polar surface area (TPSA) is 18.1 Å². The van der Waals surface area contributed by atoms with Gasteiger partial charge >= 0.3 is 0 Å². The van der Waals surface area contributed by atoms with E-state index in [0.717, 1.165) is 21.9 Å². The molecular weight excluding hydrogens is 414 g/mol. The maximum atomic E-state index is 6.17. The van der Waals surface area contributed by atoms with E-state index in [1.165, 1.54) is 49.0 Å². The lowest BCUT2D eigenvalue weighted by Crippen LogP contribution is -1.93. The van der Waals surface area contributed by atoms with E-state index >= 15 is 0 Å². The van der Waals surface area contributed by atoms with E-state index in [1.54, 1.807) is 0 Å². The van der Waals surface area contributed by atoms with Gasteiger partial charge < -0.3 is 8.98 Å². The Kier molecular flexibility index (Phi) is 3.42. The van der Waals surface area contributed by atoms with Gasteiger partial charge in [-0.25, -0.2) is 0 Å². The van der Waals surface area contributed by atoms with E-state index in [1.807, 2.05) is 12.1 Å². The van der Waals surface area contributed by atoms with Crippen molar-refractivity contribution in [2.75, 3.05) is 0 Å². The number of hydrogen-bond donors (Lipinski definition) is 0. The van der Waals surface area contributed by atoms with Gasteiger partial charge in [-0.3, -0.25) is 0 Å². The Bertz CT molecular complexity index is 2070. The van der Waals surface area contributed by atoms with Crippen molar-refractivity contribution in [2.24, 2.45) is 0 Å². The molecule has 0 radical (unpaired) electrons. The zero-order valence-electron chi connectivity index (χ0n) is 18.3. The van der Waals surface area contributed by atoms with Crippen molar-refractivity contribution in [3.05, 3.63) is 115 Å². The number of rotatable bonds is 1. The van der Waals surface area contributed by atoms with Crippen LogP contribution in [-0.4, -0.2) is 4.57 Å². The molecule has 8 rings (SSSR count). The lowest BCUT2D eigenvalue weighted by molar-refractivity contribution is 0.669. The molecule has 0 saturated heterocycles. The van der Waals surface area contributed by atoms with E-state index in [9.17, 15) is 0 Å². The highest BCUT2D eigenvalue weighted by atomic mass is 16.3. The summed E-state index contributed by atoms with van der Waals surface area (Å²) in [6.07, 6.45) is 0. The molecule has 2 heterocycles. The van der Waals surface area contributed by atoms with Crippen LogP contribution in [0.3, 0.4) is 0 Å². The standard InChI is InChI=1S/C32H19NO/c1-2-8-21-15-24(14-13-20(21)7-1)33-29-11-5-3-9-25(29)27-16-23-19-32-28(17-22(23)18-30(27)33)26-10-4-6-12-31(26)34-32/h1-19H. The Labute approximate surface area is 195 Å². The van der Waals surface area contributed by atoms with Crippen LogP contribution in [0.5, 0.6) is 0 Å². The van der Waals surface area contributed by atoms with Crippen LogP contribution in [0.25, 0.3) is 71.0 Å². The second-order valence-electron chi connectivity index (χ2n) is 9.05. The molecule has 2 aromatic heterocycles. The number of benzene rings is 6. The molecule has 0 spiro atoms. The summed E-state index contributed by atoms with van der Waals surface area (Å²) in [7, 11) is 0. The summed E-state index contributed by atoms with van der Waals surface area (Å²) in [6, 6.07) is 41.4. The van der Waals surface area contributed by atoms with Crippen molar-refractivity contribution in [1.82, 2.24) is 4.57 Å². The molecular formula is C32H19NO. The molecule has 158 valence electrons. The third kappa shape index (κ3) is 2.40. The zero-order chi connectivity index (χ0) is 22.2. The summed E-state index contributed by atoms with van der Waals surface area (Å²) in [5.41, 5.74) is 5.49. The normalized spacial score (nSPS) is 12.1. The first-order chi connectivity index (χ1) is 16.8. The van der Waals surface area contributed by atoms with Gasteiger partial charge in [-0.1, -0.05) is 66.7 Å². The Hall–Kier alpha value is -4.56. The van der Waals surface area contributed by atoms with Gasteiger partial charge in [-0.15, -0.1) is 0 Å². The maximum Gasteiger partial charge on any atom is 0.136 e. The van der Waals surface area contributed by atoms with E-state index in [4.69, 9.17) is 4.42 Å². The summed E-state index contributed by atoms with van der Waals surface area (Å²) < 4.78 is 8.57. The van der Waals surface area contributed by atoms with Gasteiger partial charge in [0.1, 0.15) is 11.2 Å². The Morgan fingerprint density at radius 1 is 0.412 bits per heavy atom. The van der Waals surface area contributed by atoms with E-state index in [2.05, 4.69) is 108 Å². The average Bonchev–Trinajstić information content (AvgIpc) is 3.40. The molecule has 0 bridgehead atoms. The van der Waals surface area contributed by atoms with Crippen LogP contribution in [0.15, 0.2) is 120 Å². The van der Waals surface area contributed by atoms with Crippen LogP contribution < -0.4 is 0 Å². The van der Waals surface area contributed by atoms with Crippen molar-refractivity contribution in [2.45, 2.75) is 0 Å². The maximum absolute atomic E-state index is 6.17. The predicted octanol–water partition coefficient (Wildman–Crippen LogP) is 8.99. The summed E-state index contributed by atoms with van der Waals surface area (Å²) in [5, 5.41) is 9.76. The van der Waals surface area contributed by atoms with Crippen LogP contribution in [-0.2, 0) is 0 Å². The number of hydrogen-bond acceptors (Lipinski definition) is 1. The van der Waals surface area contributed by atoms with Gasteiger partial charge in [0, 0.05) is 27.2 Å². The molecule has 0 saturated carbocycles. The van der Waals surface area contributed by atoms with Crippen LogP contribution in [0, 0.1) is 0 Å². The quantitative estimate of drug-likeness (QED) is 0.253. The summed E-state index contributed by atoms with van der Waals surface area (Å²) in [4.78, 5) is 0. The number of nitrogens with zero attached hydrogens (tertiary/aromatic N) is 1. The minimum Gasteiger partial charge on any atom is -0.456 e. The molecule has 6 aromatic carbocycles. The van der Waals surface area contributed by atoms with Gasteiger partial charge in [0.15, 0.2) is 0 Å². The van der Waals surface area contributed by atoms with Gasteiger partial charge in [0.25, 0.3) is 0 Å². The van der Waals surface area contributed by atoms with Crippen molar-refractivity contribution < 1.29 is 4.42 Å². The van der Waals surface area contributed by atoms with Gasteiger partial charge in [0.2, 0.25) is 0 Å². The first-order valence-corrected chi connectivity index (χ1v) is 11.6. The molecule has 0 unspecified atom stereocenters. The molecule has 0 fully saturated rings. The SMILES string of the molecule is c1ccc2cc(-n3c4ccccc4c4cc5cc6oc7ccccc7c6cc5cc43)ccc2c1. The summed E-state index contributed by atoms with van der Waals surface area (Å²) >= 11 is 0. The van der Waals surface area contributed by atoms with Crippen molar-refractivity contribution >= 4 is 65.3 Å². The van der Waals surface area contributed by atoms with E-state index in [0.29, 0.717) is 0 Å². The fraction of sp³-hybridized carbons (Fsp3) is 0. The number of aromatic nitrogens is 1. The highest BCUT2D eigenvalue weighted by Crippen LogP contribution is 2.38. The van der Waals surface area contributed by atoms with Gasteiger partial charge in [0.05, 0.1) is 11.0 Å². The molecule has 0 N–H and O–H groups in total.